The topological polar surface area (TPSA) is 85.4 Å². The molecule has 0 amide bonds. The van der Waals surface area contributed by atoms with Crippen molar-refractivity contribution < 1.29 is 10.2 Å². The summed E-state index contributed by atoms with van der Waals surface area (Å²) in [5.41, 5.74) is 2.94. The minimum Gasteiger partial charge on any atom is -0.509 e. The minimum atomic E-state index is 0.117. The van der Waals surface area contributed by atoms with Crippen LogP contribution in [-0.4, -0.2) is 32.1 Å². The van der Waals surface area contributed by atoms with Crippen LogP contribution in [0.25, 0.3) is 16.6 Å². The maximum atomic E-state index is 10.4. The zero-order valence-corrected chi connectivity index (χ0v) is 13.1. The first-order valence-corrected chi connectivity index (χ1v) is 7.55. The molecule has 3 aromatic rings. The first kappa shape index (κ1) is 14.3. The van der Waals surface area contributed by atoms with Gasteiger partial charge in [-0.15, -0.1) is 0 Å². The molecule has 0 bridgehead atoms. The van der Waals surface area contributed by atoms with Crippen molar-refractivity contribution in [1.29, 1.82) is 5.41 Å². The third-order valence-corrected chi connectivity index (χ3v) is 4.28. The number of amidine groups is 1. The lowest BCUT2D eigenvalue weighted by Crippen LogP contribution is -2.26. The molecule has 1 aliphatic heterocycles. The van der Waals surface area contributed by atoms with Gasteiger partial charge in [0.1, 0.15) is 23.2 Å². The number of fused-ring (bicyclic) bond motifs is 1. The van der Waals surface area contributed by atoms with E-state index in [1.54, 1.807) is 29.2 Å². The molecular formula is C18H16N4O2. The van der Waals surface area contributed by atoms with Gasteiger partial charge in [0, 0.05) is 12.7 Å². The highest BCUT2D eigenvalue weighted by atomic mass is 16.3. The summed E-state index contributed by atoms with van der Waals surface area (Å²) in [5, 5.41) is 28.3. The Bertz CT molecular complexity index is 986. The molecule has 0 fully saturated rings. The van der Waals surface area contributed by atoms with E-state index in [1.165, 1.54) is 0 Å². The number of benzene rings is 2. The van der Waals surface area contributed by atoms with E-state index >= 15 is 0 Å². The molecule has 2 heterocycles. The summed E-state index contributed by atoms with van der Waals surface area (Å²) in [5.74, 6) is 1.04. The van der Waals surface area contributed by atoms with Crippen LogP contribution in [0.1, 0.15) is 5.82 Å². The number of hydrogen-bond acceptors (Lipinski definition) is 4. The highest BCUT2D eigenvalue weighted by molar-refractivity contribution is 6.30. The van der Waals surface area contributed by atoms with Crippen LogP contribution >= 0.6 is 0 Å². The second kappa shape index (κ2) is 5.13. The summed E-state index contributed by atoms with van der Waals surface area (Å²) < 4.78 is 1.88. The van der Waals surface area contributed by atoms with Gasteiger partial charge in [-0.05, 0) is 36.4 Å². The molecule has 120 valence electrons. The van der Waals surface area contributed by atoms with E-state index < -0.39 is 0 Å². The molecule has 4 rings (SSSR count). The van der Waals surface area contributed by atoms with Gasteiger partial charge in [-0.2, -0.15) is 0 Å². The Kier molecular flexibility index (Phi) is 3.06. The maximum absolute atomic E-state index is 10.4. The quantitative estimate of drug-likeness (QED) is 0.677. The van der Waals surface area contributed by atoms with Crippen LogP contribution in [0.3, 0.4) is 0 Å². The van der Waals surface area contributed by atoms with Gasteiger partial charge in [0.15, 0.2) is 0 Å². The zero-order chi connectivity index (χ0) is 16.8. The van der Waals surface area contributed by atoms with Gasteiger partial charge in [0.2, 0.25) is 0 Å². The van der Waals surface area contributed by atoms with Gasteiger partial charge >= 0.3 is 0 Å². The summed E-state index contributed by atoms with van der Waals surface area (Å²) in [6.45, 7) is 0.210. The van der Waals surface area contributed by atoms with Crippen molar-refractivity contribution >= 4 is 28.1 Å². The molecule has 3 N–H and O–H groups in total. The summed E-state index contributed by atoms with van der Waals surface area (Å²) in [4.78, 5) is 6.26. The number of hydrogen-bond donors (Lipinski definition) is 3. The van der Waals surface area contributed by atoms with Crippen LogP contribution in [0.2, 0.25) is 0 Å². The molecule has 24 heavy (non-hydrogen) atoms. The number of aryl methyl sites for hydroxylation is 1. The maximum Gasteiger partial charge on any atom is 0.148 e. The molecular weight excluding hydrogens is 304 g/mol. The first-order chi connectivity index (χ1) is 11.6. The summed E-state index contributed by atoms with van der Waals surface area (Å²) in [7, 11) is 1.88. The Morgan fingerprint density at radius 1 is 1.04 bits per heavy atom. The molecule has 0 unspecified atom stereocenters. The second-order valence-electron chi connectivity index (χ2n) is 5.76. The highest BCUT2D eigenvalue weighted by Crippen LogP contribution is 2.32. The van der Waals surface area contributed by atoms with Crippen LogP contribution in [0.4, 0.5) is 5.69 Å². The number of nitrogens with one attached hydrogen (secondary N) is 1. The highest BCUT2D eigenvalue weighted by Gasteiger charge is 2.32. The third kappa shape index (κ3) is 2.04. The number of nitrogens with zero attached hydrogens (tertiary/aromatic N) is 3. The Morgan fingerprint density at radius 2 is 1.75 bits per heavy atom. The van der Waals surface area contributed by atoms with Crippen molar-refractivity contribution in [1.82, 2.24) is 9.55 Å². The molecule has 0 spiro atoms. The van der Waals surface area contributed by atoms with Crippen LogP contribution in [0, 0.1) is 5.41 Å². The third-order valence-electron chi connectivity index (χ3n) is 4.28. The number of phenolic OH excluding ortho intramolecular Hbond substituents is 1. The summed E-state index contributed by atoms with van der Waals surface area (Å²) in [6.07, 6.45) is 0. The van der Waals surface area contributed by atoms with Crippen molar-refractivity contribution in [3.8, 4) is 5.75 Å². The van der Waals surface area contributed by atoms with E-state index in [0.717, 1.165) is 16.7 Å². The molecule has 6 heteroatoms. The summed E-state index contributed by atoms with van der Waals surface area (Å²) in [6, 6.07) is 14.3. The van der Waals surface area contributed by atoms with E-state index in [1.807, 2.05) is 35.9 Å². The number of aliphatic hydroxyl groups excluding tert-OH is 1. The molecule has 6 nitrogen and oxygen atoms in total. The standard InChI is InChI=1S/C18H16N4O2/c1-21-14-5-3-2-4-13(14)20-18(21)16-15(24)10-22(17(16)19)11-6-8-12(23)9-7-11/h2-9,19,23-24H,10H2,1H3. The van der Waals surface area contributed by atoms with Gasteiger partial charge in [-0.25, -0.2) is 4.98 Å². The lowest BCUT2D eigenvalue weighted by atomic mass is 10.2. The normalized spacial score (nSPS) is 14.9. The van der Waals surface area contributed by atoms with Crippen molar-refractivity contribution in [3.63, 3.8) is 0 Å². The Balaban J connectivity index is 1.77. The molecule has 1 aliphatic rings. The summed E-state index contributed by atoms with van der Waals surface area (Å²) >= 11 is 0. The molecule has 2 aromatic carbocycles. The number of aliphatic hydroxyl groups is 1. The number of anilines is 1. The van der Waals surface area contributed by atoms with Crippen molar-refractivity contribution in [2.45, 2.75) is 0 Å². The molecule has 0 saturated carbocycles. The lowest BCUT2D eigenvalue weighted by Gasteiger charge is -2.18. The van der Waals surface area contributed by atoms with E-state index in [4.69, 9.17) is 5.41 Å². The predicted octanol–water partition coefficient (Wildman–Crippen LogP) is 3.05. The van der Waals surface area contributed by atoms with Crippen molar-refractivity contribution in [2.75, 3.05) is 11.4 Å². The first-order valence-electron chi connectivity index (χ1n) is 7.55. The number of aromatic nitrogens is 2. The number of para-hydroxylation sites is 2. The number of phenols is 1. The van der Waals surface area contributed by atoms with Gasteiger partial charge in [0.05, 0.1) is 23.2 Å². The Labute approximate surface area is 138 Å². The number of rotatable bonds is 2. The van der Waals surface area contributed by atoms with Crippen LogP contribution in [0.5, 0.6) is 5.75 Å². The Morgan fingerprint density at radius 3 is 2.46 bits per heavy atom. The average Bonchev–Trinajstić information content (AvgIpc) is 3.05. The molecule has 1 aromatic heterocycles. The second-order valence-corrected chi connectivity index (χ2v) is 5.76. The fourth-order valence-electron chi connectivity index (χ4n) is 3.04. The molecule has 0 saturated heterocycles. The smallest absolute Gasteiger partial charge is 0.148 e. The van der Waals surface area contributed by atoms with Gasteiger partial charge < -0.3 is 19.7 Å². The van der Waals surface area contributed by atoms with Gasteiger partial charge in [-0.1, -0.05) is 12.1 Å². The van der Waals surface area contributed by atoms with Crippen molar-refractivity contribution in [2.24, 2.45) is 7.05 Å². The van der Waals surface area contributed by atoms with E-state index in [0.29, 0.717) is 11.4 Å². The minimum absolute atomic E-state index is 0.117. The fourth-order valence-corrected chi connectivity index (χ4v) is 3.04. The zero-order valence-electron chi connectivity index (χ0n) is 13.1. The number of imidazole rings is 1. The molecule has 0 atom stereocenters. The lowest BCUT2D eigenvalue weighted by molar-refractivity contribution is 0.411. The van der Waals surface area contributed by atoms with Crippen molar-refractivity contribution in [3.05, 3.63) is 60.1 Å². The van der Waals surface area contributed by atoms with Gasteiger partial charge in [-0.3, -0.25) is 5.41 Å². The fraction of sp³-hybridized carbons (Fsp3) is 0.111. The van der Waals surface area contributed by atoms with Crippen LogP contribution < -0.4 is 4.90 Å². The Hall–Kier alpha value is -3.28. The molecule has 0 aliphatic carbocycles. The van der Waals surface area contributed by atoms with E-state index in [9.17, 15) is 10.2 Å². The van der Waals surface area contributed by atoms with E-state index in [-0.39, 0.29) is 23.9 Å². The molecule has 0 radical (unpaired) electrons. The largest absolute Gasteiger partial charge is 0.509 e. The van der Waals surface area contributed by atoms with E-state index in [2.05, 4.69) is 4.98 Å². The van der Waals surface area contributed by atoms with Crippen LogP contribution in [0.15, 0.2) is 54.3 Å². The van der Waals surface area contributed by atoms with Crippen LogP contribution in [-0.2, 0) is 7.05 Å². The van der Waals surface area contributed by atoms with Gasteiger partial charge in [0.25, 0.3) is 0 Å². The average molecular weight is 320 g/mol. The number of aromatic hydroxyl groups is 1. The monoisotopic (exact) mass is 320 g/mol. The SMILES string of the molecule is Cn1c(C2=C(O)CN(c3ccc(O)cc3)C2=N)nc2ccccc21. The predicted molar refractivity (Wildman–Crippen MR) is 93.4 cm³/mol.